The third-order valence-corrected chi connectivity index (χ3v) is 3.77. The minimum Gasteiger partial charge on any atom is -0.488 e. The number of benzene rings is 2. The van der Waals surface area contributed by atoms with E-state index in [1.165, 1.54) is 12.1 Å². The Labute approximate surface area is 125 Å². The molecule has 0 radical (unpaired) electrons. The van der Waals surface area contributed by atoms with Crippen LogP contribution in [0.2, 0.25) is 0 Å². The summed E-state index contributed by atoms with van der Waals surface area (Å²) in [5, 5.41) is 0. The van der Waals surface area contributed by atoms with Gasteiger partial charge in [-0.1, -0.05) is 12.1 Å². The van der Waals surface area contributed by atoms with Gasteiger partial charge in [0.25, 0.3) is 0 Å². The van der Waals surface area contributed by atoms with Crippen LogP contribution in [-0.2, 0) is 12.5 Å². The smallest absolute Gasteiger partial charge is 0.134 e. The van der Waals surface area contributed by atoms with Crippen molar-refractivity contribution >= 4 is 27.5 Å². The van der Waals surface area contributed by atoms with Gasteiger partial charge in [-0.2, -0.15) is 0 Å². The second-order valence-corrected chi connectivity index (χ2v) is 5.38. The highest BCUT2D eigenvalue weighted by Crippen LogP contribution is 2.27. The number of halogens is 3. The maximum Gasteiger partial charge on any atom is 0.134 e. The Morgan fingerprint density at radius 2 is 2.00 bits per heavy atom. The van der Waals surface area contributed by atoms with Crippen molar-refractivity contribution in [3.8, 4) is 5.75 Å². The molecule has 0 aliphatic heterocycles. The first-order valence-electron chi connectivity index (χ1n) is 5.82. The maximum atomic E-state index is 13.0. The largest absolute Gasteiger partial charge is 0.488 e. The molecule has 0 bridgehead atoms. The second kappa shape index (κ2) is 6.40. The summed E-state index contributed by atoms with van der Waals surface area (Å²) in [6.07, 6.45) is 0. The average Bonchev–Trinajstić information content (AvgIpc) is 2.39. The van der Waals surface area contributed by atoms with E-state index in [1.807, 2.05) is 25.1 Å². The van der Waals surface area contributed by atoms with Crippen LogP contribution in [0.3, 0.4) is 0 Å². The molecule has 1 nitrogen and oxygen atoms in total. The number of alkyl halides is 1. The molecule has 0 aliphatic rings. The van der Waals surface area contributed by atoms with Crippen LogP contribution in [0, 0.1) is 12.7 Å². The van der Waals surface area contributed by atoms with E-state index in [0.717, 1.165) is 26.9 Å². The topological polar surface area (TPSA) is 9.23 Å². The van der Waals surface area contributed by atoms with Crippen LogP contribution < -0.4 is 4.74 Å². The Balaban J connectivity index is 2.10. The van der Waals surface area contributed by atoms with E-state index in [4.69, 9.17) is 16.3 Å². The monoisotopic (exact) mass is 342 g/mol. The predicted molar refractivity (Wildman–Crippen MR) is 79.2 cm³/mol. The normalized spacial score (nSPS) is 10.5. The summed E-state index contributed by atoms with van der Waals surface area (Å²) in [5.41, 5.74) is 2.88. The van der Waals surface area contributed by atoms with Gasteiger partial charge >= 0.3 is 0 Å². The van der Waals surface area contributed by atoms with Gasteiger partial charge in [-0.25, -0.2) is 4.39 Å². The van der Waals surface area contributed by atoms with Crippen molar-refractivity contribution in [3.63, 3.8) is 0 Å². The first-order valence-corrected chi connectivity index (χ1v) is 7.15. The molecule has 2 rings (SSSR count). The van der Waals surface area contributed by atoms with Gasteiger partial charge in [0.15, 0.2) is 0 Å². The standard InChI is InChI=1S/C15H13BrClFO/c1-10-6-13(18)4-3-12(10)9-19-15-5-2-11(8-17)7-14(15)16/h2-7H,8-9H2,1H3. The molecule has 100 valence electrons. The van der Waals surface area contributed by atoms with Crippen LogP contribution in [0.15, 0.2) is 40.9 Å². The average molecular weight is 344 g/mol. The summed E-state index contributed by atoms with van der Waals surface area (Å²) in [6.45, 7) is 2.28. The van der Waals surface area contributed by atoms with Crippen molar-refractivity contribution in [1.82, 2.24) is 0 Å². The Morgan fingerprint density at radius 3 is 2.63 bits per heavy atom. The summed E-state index contributed by atoms with van der Waals surface area (Å²) < 4.78 is 19.6. The fraction of sp³-hybridized carbons (Fsp3) is 0.200. The van der Waals surface area contributed by atoms with Gasteiger partial charge in [-0.05, 0) is 63.8 Å². The van der Waals surface area contributed by atoms with E-state index in [0.29, 0.717) is 12.5 Å². The fourth-order valence-corrected chi connectivity index (χ4v) is 2.43. The summed E-state index contributed by atoms with van der Waals surface area (Å²) >= 11 is 9.21. The molecule has 0 saturated heterocycles. The highest BCUT2D eigenvalue weighted by molar-refractivity contribution is 9.10. The summed E-state index contributed by atoms with van der Waals surface area (Å²) in [7, 11) is 0. The quantitative estimate of drug-likeness (QED) is 0.692. The lowest BCUT2D eigenvalue weighted by Gasteiger charge is -2.11. The van der Waals surface area contributed by atoms with E-state index in [-0.39, 0.29) is 5.82 Å². The lowest BCUT2D eigenvalue weighted by Crippen LogP contribution is -1.99. The minimum absolute atomic E-state index is 0.228. The van der Waals surface area contributed by atoms with Crippen LogP contribution in [-0.4, -0.2) is 0 Å². The van der Waals surface area contributed by atoms with E-state index < -0.39 is 0 Å². The number of rotatable bonds is 4. The van der Waals surface area contributed by atoms with Crippen molar-refractivity contribution in [2.75, 3.05) is 0 Å². The number of ether oxygens (including phenoxy) is 1. The van der Waals surface area contributed by atoms with Crippen molar-refractivity contribution in [1.29, 1.82) is 0 Å². The second-order valence-electron chi connectivity index (χ2n) is 4.26. The molecule has 2 aromatic carbocycles. The van der Waals surface area contributed by atoms with Crippen molar-refractivity contribution < 1.29 is 9.13 Å². The zero-order valence-electron chi connectivity index (χ0n) is 10.4. The predicted octanol–water partition coefficient (Wildman–Crippen LogP) is 5.21. The molecular weight excluding hydrogens is 331 g/mol. The molecule has 0 unspecified atom stereocenters. The van der Waals surface area contributed by atoms with Gasteiger partial charge < -0.3 is 4.74 Å². The highest BCUT2D eigenvalue weighted by atomic mass is 79.9. The molecule has 0 heterocycles. The van der Waals surface area contributed by atoms with Crippen LogP contribution in [0.1, 0.15) is 16.7 Å². The molecule has 0 fully saturated rings. The van der Waals surface area contributed by atoms with E-state index in [9.17, 15) is 4.39 Å². The van der Waals surface area contributed by atoms with Gasteiger partial charge in [0.2, 0.25) is 0 Å². The highest BCUT2D eigenvalue weighted by Gasteiger charge is 2.05. The van der Waals surface area contributed by atoms with Crippen molar-refractivity contribution in [3.05, 3.63) is 63.4 Å². The Hall–Kier alpha value is -1.06. The minimum atomic E-state index is -0.228. The summed E-state index contributed by atoms with van der Waals surface area (Å²) in [5.74, 6) is 0.988. The Bertz CT molecular complexity index is 586. The SMILES string of the molecule is Cc1cc(F)ccc1COc1ccc(CCl)cc1Br. The van der Waals surface area contributed by atoms with Crippen LogP contribution in [0.4, 0.5) is 4.39 Å². The summed E-state index contributed by atoms with van der Waals surface area (Å²) in [4.78, 5) is 0. The van der Waals surface area contributed by atoms with Gasteiger partial charge in [0.1, 0.15) is 18.2 Å². The molecule has 0 saturated carbocycles. The van der Waals surface area contributed by atoms with Crippen LogP contribution in [0.25, 0.3) is 0 Å². The van der Waals surface area contributed by atoms with Crippen LogP contribution >= 0.6 is 27.5 Å². The molecule has 0 aliphatic carbocycles. The van der Waals surface area contributed by atoms with Crippen LogP contribution in [0.5, 0.6) is 5.75 Å². The Morgan fingerprint density at radius 1 is 1.21 bits per heavy atom. The third-order valence-electron chi connectivity index (χ3n) is 2.84. The molecule has 0 N–H and O–H groups in total. The van der Waals surface area contributed by atoms with Gasteiger partial charge in [0.05, 0.1) is 4.47 Å². The zero-order valence-corrected chi connectivity index (χ0v) is 12.8. The van der Waals surface area contributed by atoms with Gasteiger partial charge in [-0.15, -0.1) is 11.6 Å². The third kappa shape index (κ3) is 3.71. The fourth-order valence-electron chi connectivity index (χ4n) is 1.72. The van der Waals surface area contributed by atoms with E-state index in [2.05, 4.69) is 15.9 Å². The molecule has 2 aromatic rings. The molecule has 4 heteroatoms. The summed E-state index contributed by atoms with van der Waals surface area (Å²) in [6, 6.07) is 10.4. The number of hydrogen-bond acceptors (Lipinski definition) is 1. The molecule has 0 atom stereocenters. The first kappa shape index (κ1) is 14.4. The van der Waals surface area contributed by atoms with Gasteiger partial charge in [0, 0.05) is 5.88 Å². The molecule has 0 amide bonds. The molecule has 0 spiro atoms. The lowest BCUT2D eigenvalue weighted by atomic mass is 10.1. The molecule has 19 heavy (non-hydrogen) atoms. The maximum absolute atomic E-state index is 13.0. The first-order chi connectivity index (χ1) is 9.10. The number of hydrogen-bond donors (Lipinski definition) is 0. The van der Waals surface area contributed by atoms with E-state index >= 15 is 0 Å². The lowest BCUT2D eigenvalue weighted by molar-refractivity contribution is 0.303. The number of aryl methyl sites for hydroxylation is 1. The molecule has 0 aromatic heterocycles. The van der Waals surface area contributed by atoms with E-state index in [1.54, 1.807) is 6.07 Å². The Kier molecular flexibility index (Phi) is 4.83. The van der Waals surface area contributed by atoms with Crippen molar-refractivity contribution in [2.24, 2.45) is 0 Å². The molecular formula is C15H13BrClFO. The van der Waals surface area contributed by atoms with Crippen molar-refractivity contribution in [2.45, 2.75) is 19.4 Å². The van der Waals surface area contributed by atoms with Gasteiger partial charge in [-0.3, -0.25) is 0 Å². The zero-order chi connectivity index (χ0) is 13.8.